The van der Waals surface area contributed by atoms with Crippen LogP contribution in [0.3, 0.4) is 0 Å². The molecule has 33 heavy (non-hydrogen) atoms. The smallest absolute Gasteiger partial charge is 0.0455 e. The lowest BCUT2D eigenvalue weighted by molar-refractivity contribution is 0.638. The quantitative estimate of drug-likeness (QED) is 0.296. The van der Waals surface area contributed by atoms with E-state index in [9.17, 15) is 0 Å². The highest BCUT2D eigenvalue weighted by atomic mass is 15.1. The van der Waals surface area contributed by atoms with Crippen molar-refractivity contribution in [3.8, 4) is 0 Å². The highest BCUT2D eigenvalue weighted by Crippen LogP contribution is 2.22. The minimum Gasteiger partial charge on any atom is -0.318 e. The highest BCUT2D eigenvalue weighted by molar-refractivity contribution is 5.57. The van der Waals surface area contributed by atoms with Crippen LogP contribution < -0.4 is 4.90 Å². The van der Waals surface area contributed by atoms with Crippen LogP contribution in [0.25, 0.3) is 0 Å². The van der Waals surface area contributed by atoms with Gasteiger partial charge in [0.15, 0.2) is 0 Å². The fourth-order valence-corrected chi connectivity index (χ4v) is 3.47. The predicted molar refractivity (Wildman–Crippen MR) is 148 cm³/mol. The van der Waals surface area contributed by atoms with Crippen LogP contribution >= 0.6 is 0 Å². The fraction of sp³-hybridized carbons (Fsp3) is 0.188. The van der Waals surface area contributed by atoms with E-state index in [1.807, 2.05) is 18.2 Å². The molecule has 1 nitrogen and oxygen atoms in total. The fourth-order valence-electron chi connectivity index (χ4n) is 3.47. The number of rotatable bonds is 12. The summed E-state index contributed by atoms with van der Waals surface area (Å²) in [6.07, 6.45) is 34.6. The van der Waals surface area contributed by atoms with Crippen molar-refractivity contribution < 1.29 is 0 Å². The molecule has 1 atom stereocenters. The molecular formula is C32H37N. The predicted octanol–water partition coefficient (Wildman–Crippen LogP) is 9.18. The summed E-state index contributed by atoms with van der Waals surface area (Å²) in [4.78, 5) is 2.13. The Morgan fingerprint density at radius 3 is 2.64 bits per heavy atom. The SMILES string of the molecule is C=C/C=C\CC(/C=C\C(=C)N(/C=C/C=C(\C=C/C)C1=CC=CC=CC1)c1ccccc1)CC. The standard InChI is InChI=1S/C32H37N/c1-5-8-12-19-29(7-3)26-25-28(4)33(32-23-15-11-16-24-32)27-17-22-30(18-6-2)31-20-13-9-10-14-21-31/h5-6,8-18,20,22-27,29H,1,4,7,19,21H2,2-3H3/b12-8-,18-6-,26-25-,27-17+,30-22+. The van der Waals surface area contributed by atoms with Gasteiger partial charge in [-0.2, -0.15) is 0 Å². The second-order valence-electron chi connectivity index (χ2n) is 7.80. The van der Waals surface area contributed by atoms with Crippen molar-refractivity contribution in [3.05, 3.63) is 152 Å². The van der Waals surface area contributed by atoms with Crippen LogP contribution in [0.1, 0.15) is 33.1 Å². The van der Waals surface area contributed by atoms with Gasteiger partial charge in [-0.3, -0.25) is 0 Å². The number of anilines is 1. The number of hydrogen-bond acceptors (Lipinski definition) is 1. The number of benzene rings is 1. The van der Waals surface area contributed by atoms with Gasteiger partial charge < -0.3 is 4.90 Å². The third-order valence-corrected chi connectivity index (χ3v) is 5.36. The molecule has 0 saturated carbocycles. The molecule has 0 aliphatic heterocycles. The van der Waals surface area contributed by atoms with Gasteiger partial charge >= 0.3 is 0 Å². The summed E-state index contributed by atoms with van der Waals surface area (Å²) in [6, 6.07) is 10.4. The van der Waals surface area contributed by atoms with Crippen molar-refractivity contribution in [2.75, 3.05) is 4.90 Å². The minimum absolute atomic E-state index is 0.476. The van der Waals surface area contributed by atoms with Gasteiger partial charge in [0.05, 0.1) is 0 Å². The summed E-state index contributed by atoms with van der Waals surface area (Å²) in [5, 5.41) is 0. The Balaban J connectivity index is 2.27. The van der Waals surface area contributed by atoms with Gasteiger partial charge in [-0.05, 0) is 67.5 Å². The molecule has 0 fully saturated rings. The molecule has 1 aromatic carbocycles. The molecule has 0 aromatic heterocycles. The van der Waals surface area contributed by atoms with Crippen molar-refractivity contribution in [2.45, 2.75) is 33.1 Å². The van der Waals surface area contributed by atoms with E-state index in [0.717, 1.165) is 30.6 Å². The lowest BCUT2D eigenvalue weighted by Gasteiger charge is -2.21. The maximum Gasteiger partial charge on any atom is 0.0455 e. The monoisotopic (exact) mass is 435 g/mol. The second kappa shape index (κ2) is 15.3. The Hall–Kier alpha value is -3.58. The first-order valence-corrected chi connectivity index (χ1v) is 11.7. The Bertz CT molecular complexity index is 990. The van der Waals surface area contributed by atoms with E-state index in [2.05, 4.69) is 135 Å². The zero-order chi connectivity index (χ0) is 23.7. The lowest BCUT2D eigenvalue weighted by atomic mass is 10.0. The largest absolute Gasteiger partial charge is 0.318 e. The minimum atomic E-state index is 0.476. The second-order valence-corrected chi connectivity index (χ2v) is 7.80. The van der Waals surface area contributed by atoms with Gasteiger partial charge in [0.1, 0.15) is 0 Å². The molecule has 2 rings (SSSR count). The molecule has 1 unspecified atom stereocenters. The third-order valence-electron chi connectivity index (χ3n) is 5.36. The topological polar surface area (TPSA) is 3.24 Å². The molecule has 1 aliphatic rings. The van der Waals surface area contributed by atoms with Crippen molar-refractivity contribution >= 4 is 5.69 Å². The molecule has 0 bridgehead atoms. The molecule has 0 amide bonds. The molecule has 170 valence electrons. The van der Waals surface area contributed by atoms with Crippen LogP contribution in [-0.2, 0) is 0 Å². The molecule has 0 saturated heterocycles. The Morgan fingerprint density at radius 1 is 1.09 bits per heavy atom. The van der Waals surface area contributed by atoms with Gasteiger partial charge in [0.2, 0.25) is 0 Å². The number of nitrogens with zero attached hydrogens (tertiary/aromatic N) is 1. The van der Waals surface area contributed by atoms with Crippen LogP contribution in [-0.4, -0.2) is 0 Å². The average Bonchev–Trinajstić information content (AvgIpc) is 3.13. The maximum absolute atomic E-state index is 4.36. The van der Waals surface area contributed by atoms with Crippen molar-refractivity contribution in [1.29, 1.82) is 0 Å². The first-order chi connectivity index (χ1) is 16.2. The molecule has 1 aliphatic carbocycles. The average molecular weight is 436 g/mol. The lowest BCUT2D eigenvalue weighted by Crippen LogP contribution is -2.13. The summed E-state index contributed by atoms with van der Waals surface area (Å²) < 4.78 is 0. The normalized spacial score (nSPS) is 15.5. The zero-order valence-corrected chi connectivity index (χ0v) is 20.1. The zero-order valence-electron chi connectivity index (χ0n) is 20.1. The van der Waals surface area contributed by atoms with Gasteiger partial charge in [0, 0.05) is 17.6 Å². The van der Waals surface area contributed by atoms with Crippen molar-refractivity contribution in [2.24, 2.45) is 5.92 Å². The van der Waals surface area contributed by atoms with Gasteiger partial charge in [-0.15, -0.1) is 0 Å². The van der Waals surface area contributed by atoms with Crippen LogP contribution in [0.4, 0.5) is 5.69 Å². The van der Waals surface area contributed by atoms with Crippen molar-refractivity contribution in [3.63, 3.8) is 0 Å². The van der Waals surface area contributed by atoms with Crippen LogP contribution in [0, 0.1) is 5.92 Å². The van der Waals surface area contributed by atoms with E-state index in [1.54, 1.807) is 0 Å². The van der Waals surface area contributed by atoms with E-state index in [1.165, 1.54) is 11.1 Å². The Labute approximate surface area is 201 Å². The third kappa shape index (κ3) is 9.21. The highest BCUT2D eigenvalue weighted by Gasteiger charge is 2.06. The van der Waals surface area contributed by atoms with Gasteiger partial charge in [-0.25, -0.2) is 0 Å². The van der Waals surface area contributed by atoms with Gasteiger partial charge in [-0.1, -0.05) is 111 Å². The first-order valence-electron chi connectivity index (χ1n) is 11.7. The summed E-state index contributed by atoms with van der Waals surface area (Å²) >= 11 is 0. The number of para-hydroxylation sites is 1. The maximum atomic E-state index is 4.36. The molecular weight excluding hydrogens is 398 g/mol. The number of allylic oxidation sites excluding steroid dienone is 16. The molecule has 0 spiro atoms. The molecule has 0 radical (unpaired) electrons. The Morgan fingerprint density at radius 2 is 1.91 bits per heavy atom. The van der Waals surface area contributed by atoms with Crippen LogP contribution in [0.15, 0.2) is 152 Å². The van der Waals surface area contributed by atoms with Crippen LogP contribution in [0.2, 0.25) is 0 Å². The summed E-state index contributed by atoms with van der Waals surface area (Å²) in [5.41, 5.74) is 4.53. The summed E-state index contributed by atoms with van der Waals surface area (Å²) in [5.74, 6) is 0.476. The molecule has 1 aromatic rings. The molecule has 1 heteroatoms. The number of hydrogen-bond donors (Lipinski definition) is 0. The first kappa shape index (κ1) is 25.7. The molecule has 0 heterocycles. The van der Waals surface area contributed by atoms with E-state index >= 15 is 0 Å². The summed E-state index contributed by atoms with van der Waals surface area (Å²) in [6.45, 7) is 12.4. The Kier molecular flexibility index (Phi) is 11.9. The van der Waals surface area contributed by atoms with Gasteiger partial charge in [0.25, 0.3) is 0 Å². The van der Waals surface area contributed by atoms with Crippen molar-refractivity contribution in [1.82, 2.24) is 0 Å². The van der Waals surface area contributed by atoms with E-state index in [-0.39, 0.29) is 0 Å². The van der Waals surface area contributed by atoms with Crippen LogP contribution in [0.5, 0.6) is 0 Å². The van der Waals surface area contributed by atoms with E-state index < -0.39 is 0 Å². The molecule has 0 N–H and O–H groups in total. The summed E-state index contributed by atoms with van der Waals surface area (Å²) in [7, 11) is 0. The van der Waals surface area contributed by atoms with E-state index in [4.69, 9.17) is 0 Å². The van der Waals surface area contributed by atoms with E-state index in [0.29, 0.717) is 5.92 Å².